The van der Waals surface area contributed by atoms with Crippen LogP contribution in [-0.4, -0.2) is 80.9 Å². The summed E-state index contributed by atoms with van der Waals surface area (Å²) in [6, 6.07) is 1.87. The van der Waals surface area contributed by atoms with Crippen LogP contribution in [0, 0.1) is 17.8 Å². The molecule has 0 spiro atoms. The number of oxime groups is 1. The fourth-order valence-electron chi connectivity index (χ4n) is 5.92. The maximum atomic E-state index is 13.9. The lowest BCUT2D eigenvalue weighted by Gasteiger charge is -2.50. The number of primary amides is 1. The third-order valence-corrected chi connectivity index (χ3v) is 7.60. The SMILES string of the molecule is C/C(=N/OCC(C)C)c1ccc(O)c2c1C[C@H]1C[C@H]3[C@H](N(C)C)C(=O)C(C(N)=O)=C(O)[C@@]3(O)C(=O)C1=C2O. The van der Waals surface area contributed by atoms with Crippen molar-refractivity contribution >= 4 is 28.9 Å². The van der Waals surface area contributed by atoms with Crippen LogP contribution in [0.1, 0.15) is 43.9 Å². The van der Waals surface area contributed by atoms with E-state index in [1.165, 1.54) is 11.0 Å². The molecule has 0 aromatic heterocycles. The Bertz CT molecular complexity index is 1330. The number of nitrogens with zero attached hydrogens (tertiary/aromatic N) is 2. The van der Waals surface area contributed by atoms with Gasteiger partial charge in [-0.25, -0.2) is 0 Å². The highest BCUT2D eigenvalue weighted by Crippen LogP contribution is 2.52. The van der Waals surface area contributed by atoms with Gasteiger partial charge in [-0.05, 0) is 63.4 Å². The molecule has 1 fully saturated rings. The van der Waals surface area contributed by atoms with E-state index in [-0.39, 0.29) is 35.6 Å². The lowest BCUT2D eigenvalue weighted by Crippen LogP contribution is -2.65. The van der Waals surface area contributed by atoms with Gasteiger partial charge in [0.1, 0.15) is 29.4 Å². The Hall–Kier alpha value is -3.70. The topological polar surface area (TPSA) is 183 Å². The van der Waals surface area contributed by atoms with E-state index < -0.39 is 58.0 Å². The molecular formula is C27H33N3O8. The number of Topliss-reactive ketones (excluding diaryl/α,β-unsaturated/α-hetero) is 2. The lowest BCUT2D eigenvalue weighted by molar-refractivity contribution is -0.153. The maximum absolute atomic E-state index is 13.9. The number of likely N-dealkylation sites (N-methyl/N-ethyl adjacent to an activating group) is 1. The minimum atomic E-state index is -2.67. The number of hydrogen-bond acceptors (Lipinski definition) is 10. The van der Waals surface area contributed by atoms with Gasteiger partial charge in [0.15, 0.2) is 11.4 Å². The van der Waals surface area contributed by atoms with Crippen molar-refractivity contribution in [3.05, 3.63) is 45.7 Å². The molecule has 1 amide bonds. The normalized spacial score (nSPS) is 27.5. The van der Waals surface area contributed by atoms with Crippen molar-refractivity contribution in [2.75, 3.05) is 20.7 Å². The number of rotatable bonds is 6. The second-order valence-corrected chi connectivity index (χ2v) is 10.8. The van der Waals surface area contributed by atoms with Crippen molar-refractivity contribution in [2.45, 2.75) is 45.3 Å². The number of nitrogens with two attached hydrogens (primary N) is 1. The Morgan fingerprint density at radius 2 is 1.89 bits per heavy atom. The molecule has 0 aliphatic heterocycles. The van der Waals surface area contributed by atoms with Crippen LogP contribution in [0.2, 0.25) is 0 Å². The molecule has 3 aliphatic rings. The summed E-state index contributed by atoms with van der Waals surface area (Å²) in [5, 5.41) is 48.7. The first-order valence-corrected chi connectivity index (χ1v) is 12.4. The van der Waals surface area contributed by atoms with E-state index in [9.17, 15) is 34.8 Å². The van der Waals surface area contributed by atoms with E-state index in [0.29, 0.717) is 23.4 Å². The molecule has 6 N–H and O–H groups in total. The van der Waals surface area contributed by atoms with Crippen molar-refractivity contribution in [1.82, 2.24) is 4.90 Å². The molecule has 4 atom stereocenters. The third kappa shape index (κ3) is 3.97. The van der Waals surface area contributed by atoms with Crippen molar-refractivity contribution in [3.8, 4) is 5.75 Å². The summed E-state index contributed by atoms with van der Waals surface area (Å²) in [7, 11) is 3.11. The van der Waals surface area contributed by atoms with Gasteiger partial charge < -0.3 is 31.0 Å². The standard InChI is InChI=1S/C27H33N3O8/c1-11(2)10-38-29-12(3)14-6-7-17(31)19-15(14)8-13-9-16-21(30(4)5)23(33)20(26(28)36)25(35)27(16,37)24(34)18(13)22(19)32/h6-7,11,13,16,21,31-32,35,37H,8-10H2,1-5H3,(H2,28,36)/b29-12-/t13-,16-,21-,27-/m0/s1. The summed E-state index contributed by atoms with van der Waals surface area (Å²) in [5.74, 6) is -6.60. The zero-order valence-electron chi connectivity index (χ0n) is 22.0. The highest BCUT2D eigenvalue weighted by atomic mass is 16.6. The molecule has 11 nitrogen and oxygen atoms in total. The molecule has 204 valence electrons. The molecule has 4 rings (SSSR count). The number of carbonyl (C=O) groups is 3. The number of phenols is 1. The summed E-state index contributed by atoms with van der Waals surface area (Å²) in [4.78, 5) is 46.0. The summed E-state index contributed by atoms with van der Waals surface area (Å²) in [6.07, 6.45) is 0.191. The number of benzene rings is 1. The van der Waals surface area contributed by atoms with Gasteiger partial charge in [0.05, 0.1) is 17.3 Å². The Morgan fingerprint density at radius 1 is 1.24 bits per heavy atom. The molecular weight excluding hydrogens is 494 g/mol. The van der Waals surface area contributed by atoms with E-state index in [4.69, 9.17) is 10.6 Å². The van der Waals surface area contributed by atoms with Crippen molar-refractivity contribution < 1.29 is 39.6 Å². The molecule has 3 aliphatic carbocycles. The van der Waals surface area contributed by atoms with Crippen LogP contribution in [0.3, 0.4) is 0 Å². The largest absolute Gasteiger partial charge is 0.508 e. The van der Waals surface area contributed by atoms with Crippen LogP contribution >= 0.6 is 0 Å². The predicted molar refractivity (Wildman–Crippen MR) is 137 cm³/mol. The molecule has 38 heavy (non-hydrogen) atoms. The fraction of sp³-hybridized carbons (Fsp3) is 0.481. The van der Waals surface area contributed by atoms with Gasteiger partial charge in [-0.15, -0.1) is 0 Å². The van der Waals surface area contributed by atoms with Gasteiger partial charge in [0.25, 0.3) is 5.91 Å². The Morgan fingerprint density at radius 3 is 2.47 bits per heavy atom. The molecule has 11 heteroatoms. The van der Waals surface area contributed by atoms with E-state index in [2.05, 4.69) is 5.16 Å². The van der Waals surface area contributed by atoms with Crippen LogP contribution < -0.4 is 5.73 Å². The number of aliphatic hydroxyl groups is 3. The van der Waals surface area contributed by atoms with Crippen molar-refractivity contribution in [1.29, 1.82) is 0 Å². The molecule has 0 heterocycles. The zero-order chi connectivity index (χ0) is 28.3. The van der Waals surface area contributed by atoms with Crippen LogP contribution in [0.5, 0.6) is 5.75 Å². The second kappa shape index (κ2) is 9.55. The predicted octanol–water partition coefficient (Wildman–Crippen LogP) is 1.36. The number of ketones is 2. The molecule has 0 bridgehead atoms. The number of fused-ring (bicyclic) bond motifs is 3. The number of amides is 1. The summed E-state index contributed by atoms with van der Waals surface area (Å²) < 4.78 is 0. The van der Waals surface area contributed by atoms with Crippen LogP contribution in [0.25, 0.3) is 5.76 Å². The van der Waals surface area contributed by atoms with Crippen LogP contribution in [0.15, 0.2) is 34.2 Å². The molecule has 1 aromatic rings. The average Bonchev–Trinajstić information content (AvgIpc) is 2.80. The molecule has 0 unspecified atom stereocenters. The molecule has 1 aromatic carbocycles. The van der Waals surface area contributed by atoms with E-state index in [1.807, 2.05) is 13.8 Å². The van der Waals surface area contributed by atoms with Crippen molar-refractivity contribution in [2.24, 2.45) is 28.6 Å². The smallest absolute Gasteiger partial charge is 0.255 e. The van der Waals surface area contributed by atoms with Gasteiger partial charge in [-0.2, -0.15) is 0 Å². The Balaban J connectivity index is 1.90. The minimum absolute atomic E-state index is 0.0113. The first kappa shape index (κ1) is 27.3. The quantitative estimate of drug-likeness (QED) is 0.207. The first-order valence-electron chi connectivity index (χ1n) is 12.4. The minimum Gasteiger partial charge on any atom is -0.508 e. The third-order valence-electron chi connectivity index (χ3n) is 7.60. The van der Waals surface area contributed by atoms with E-state index in [0.717, 1.165) is 0 Å². The molecule has 0 saturated heterocycles. The highest BCUT2D eigenvalue weighted by Gasteiger charge is 2.64. The van der Waals surface area contributed by atoms with Crippen LogP contribution in [-0.2, 0) is 25.6 Å². The summed E-state index contributed by atoms with van der Waals surface area (Å²) >= 11 is 0. The van der Waals surface area contributed by atoms with Gasteiger partial charge in [-0.3, -0.25) is 19.3 Å². The lowest BCUT2D eigenvalue weighted by atomic mass is 9.57. The zero-order valence-corrected chi connectivity index (χ0v) is 22.0. The van der Waals surface area contributed by atoms with Gasteiger partial charge in [0.2, 0.25) is 5.78 Å². The first-order chi connectivity index (χ1) is 17.7. The number of carbonyl (C=O) groups excluding carboxylic acids is 3. The van der Waals surface area contributed by atoms with Crippen molar-refractivity contribution in [3.63, 3.8) is 0 Å². The highest BCUT2D eigenvalue weighted by molar-refractivity contribution is 6.24. The number of phenolic OH excluding ortho intramolecular Hbond substituents is 1. The maximum Gasteiger partial charge on any atom is 0.255 e. The number of hydrogen-bond donors (Lipinski definition) is 5. The Kier molecular flexibility index (Phi) is 6.87. The fourth-order valence-corrected chi connectivity index (χ4v) is 5.92. The Labute approximate surface area is 219 Å². The number of aromatic hydroxyl groups is 1. The summed E-state index contributed by atoms with van der Waals surface area (Å²) in [6.45, 7) is 6.09. The second-order valence-electron chi connectivity index (χ2n) is 10.8. The van der Waals surface area contributed by atoms with Gasteiger partial charge in [-0.1, -0.05) is 19.0 Å². The molecule has 1 saturated carbocycles. The van der Waals surface area contributed by atoms with E-state index in [1.54, 1.807) is 27.1 Å². The van der Waals surface area contributed by atoms with Crippen LogP contribution in [0.4, 0.5) is 0 Å². The average molecular weight is 528 g/mol. The van der Waals surface area contributed by atoms with E-state index >= 15 is 0 Å². The molecule has 0 radical (unpaired) electrons. The summed E-state index contributed by atoms with van der Waals surface area (Å²) in [5.41, 5.74) is 3.28. The van der Waals surface area contributed by atoms with Gasteiger partial charge in [0, 0.05) is 17.1 Å². The monoisotopic (exact) mass is 527 g/mol. The van der Waals surface area contributed by atoms with Gasteiger partial charge >= 0.3 is 0 Å². The number of aliphatic hydroxyl groups excluding tert-OH is 2.